The van der Waals surface area contributed by atoms with E-state index in [-0.39, 0.29) is 10.3 Å². The summed E-state index contributed by atoms with van der Waals surface area (Å²) in [6.45, 7) is 0.592. The Labute approximate surface area is 164 Å². The first-order valence-corrected chi connectivity index (χ1v) is 11.0. The number of para-hydroxylation sites is 1. The first-order chi connectivity index (χ1) is 13.3. The Morgan fingerprint density at radius 1 is 1.18 bits per heavy atom. The second-order valence-electron chi connectivity index (χ2n) is 7.25. The van der Waals surface area contributed by atoms with Crippen molar-refractivity contribution in [3.8, 4) is 5.75 Å². The summed E-state index contributed by atoms with van der Waals surface area (Å²) in [6, 6.07) is 12.1. The lowest BCUT2D eigenvalue weighted by Gasteiger charge is -2.32. The van der Waals surface area contributed by atoms with Crippen LogP contribution in [0.1, 0.15) is 31.2 Å². The van der Waals surface area contributed by atoms with E-state index in [0.717, 1.165) is 43.3 Å². The first kappa shape index (κ1) is 20.1. The number of ether oxygens (including phenoxy) is 1. The van der Waals surface area contributed by atoms with Gasteiger partial charge >= 0.3 is 0 Å². The molecule has 0 radical (unpaired) electrons. The van der Waals surface area contributed by atoms with Crippen LogP contribution in [0, 0.1) is 10.1 Å². The lowest BCUT2D eigenvalue weighted by Crippen LogP contribution is -2.32. The number of nitro groups is 1. The third-order valence-corrected chi connectivity index (χ3v) is 6.55. The van der Waals surface area contributed by atoms with Gasteiger partial charge in [-0.1, -0.05) is 31.0 Å². The van der Waals surface area contributed by atoms with Crippen molar-refractivity contribution >= 4 is 21.2 Å². The highest BCUT2D eigenvalue weighted by Crippen LogP contribution is 2.45. The predicted molar refractivity (Wildman–Crippen MR) is 108 cm³/mol. The van der Waals surface area contributed by atoms with Crippen molar-refractivity contribution in [2.24, 2.45) is 0 Å². The van der Waals surface area contributed by atoms with Gasteiger partial charge in [0, 0.05) is 35.5 Å². The first-order valence-electron chi connectivity index (χ1n) is 9.13. The minimum atomic E-state index is -3.72. The normalized spacial score (nSPS) is 15.9. The van der Waals surface area contributed by atoms with Crippen molar-refractivity contribution in [2.75, 3.05) is 25.2 Å². The molecule has 0 saturated heterocycles. The molecule has 0 heterocycles. The van der Waals surface area contributed by atoms with Crippen molar-refractivity contribution in [1.29, 1.82) is 0 Å². The molecule has 1 N–H and O–H groups in total. The summed E-state index contributed by atoms with van der Waals surface area (Å²) in [6.07, 6.45) is 5.17. The van der Waals surface area contributed by atoms with E-state index >= 15 is 0 Å². The van der Waals surface area contributed by atoms with Gasteiger partial charge in [0.15, 0.2) is 9.84 Å². The zero-order valence-corrected chi connectivity index (χ0v) is 16.8. The molecule has 1 saturated carbocycles. The van der Waals surface area contributed by atoms with Crippen LogP contribution < -0.4 is 10.1 Å². The molecule has 0 amide bonds. The fourth-order valence-corrected chi connectivity index (χ4v) is 4.88. The molecule has 1 fully saturated rings. The topological polar surface area (TPSA) is 98.5 Å². The third kappa shape index (κ3) is 3.96. The van der Waals surface area contributed by atoms with E-state index in [1.807, 2.05) is 18.2 Å². The molecule has 2 aromatic rings. The van der Waals surface area contributed by atoms with E-state index in [9.17, 15) is 18.5 Å². The van der Waals surface area contributed by atoms with Crippen LogP contribution >= 0.6 is 0 Å². The Hall–Kier alpha value is -2.61. The van der Waals surface area contributed by atoms with Crippen molar-refractivity contribution in [2.45, 2.75) is 36.0 Å². The molecule has 0 aromatic heterocycles. The molecule has 3 rings (SSSR count). The summed E-state index contributed by atoms with van der Waals surface area (Å²) in [4.78, 5) is 10.2. The van der Waals surface area contributed by atoms with Crippen LogP contribution in [-0.2, 0) is 15.3 Å². The van der Waals surface area contributed by atoms with Crippen molar-refractivity contribution in [3.05, 3.63) is 58.1 Å². The van der Waals surface area contributed by atoms with Crippen LogP contribution in [0.3, 0.4) is 0 Å². The van der Waals surface area contributed by atoms with E-state index < -0.39 is 20.4 Å². The molecule has 0 bridgehead atoms. The maximum absolute atomic E-state index is 12.0. The molecule has 2 aromatic carbocycles. The van der Waals surface area contributed by atoms with Gasteiger partial charge in [0.25, 0.3) is 5.69 Å². The molecule has 0 aliphatic heterocycles. The minimum absolute atomic E-state index is 0.125. The predicted octanol–water partition coefficient (Wildman–Crippen LogP) is 3.93. The number of nitro benzene ring substituents is 1. The van der Waals surface area contributed by atoms with Gasteiger partial charge in [-0.2, -0.15) is 0 Å². The number of hydrogen-bond acceptors (Lipinski definition) is 6. The standard InChI is InChI=1S/C20H24N2O5S/c1-27-18-8-4-3-7-16(18)20(11-5-6-12-20)14-21-15-9-10-17(22(23)24)19(13-15)28(2,25)26/h3-4,7-10,13,21H,5-6,11-12,14H2,1-2H3. The van der Waals surface area contributed by atoms with Gasteiger partial charge in [-0.15, -0.1) is 0 Å². The van der Waals surface area contributed by atoms with E-state index in [0.29, 0.717) is 12.2 Å². The maximum atomic E-state index is 12.0. The van der Waals surface area contributed by atoms with Gasteiger partial charge < -0.3 is 10.1 Å². The lowest BCUT2D eigenvalue weighted by atomic mass is 9.78. The Kier molecular flexibility index (Phi) is 5.60. The highest BCUT2D eigenvalue weighted by Gasteiger charge is 2.37. The van der Waals surface area contributed by atoms with Crippen LogP contribution in [0.2, 0.25) is 0 Å². The monoisotopic (exact) mass is 404 g/mol. The number of nitrogens with one attached hydrogen (secondary N) is 1. The van der Waals surface area contributed by atoms with Gasteiger partial charge in [-0.05, 0) is 31.0 Å². The highest BCUT2D eigenvalue weighted by atomic mass is 32.2. The molecule has 1 aliphatic rings. The average molecular weight is 404 g/mol. The summed E-state index contributed by atoms with van der Waals surface area (Å²) in [5.41, 5.74) is 1.15. The Bertz CT molecular complexity index is 982. The molecule has 0 atom stereocenters. The Morgan fingerprint density at radius 2 is 1.86 bits per heavy atom. The zero-order chi connectivity index (χ0) is 20.4. The number of benzene rings is 2. The van der Waals surface area contributed by atoms with E-state index in [2.05, 4.69) is 11.4 Å². The SMILES string of the molecule is COc1ccccc1C1(CNc2ccc([N+](=O)[O-])c(S(C)(=O)=O)c2)CCCC1. The maximum Gasteiger partial charge on any atom is 0.288 e. The molecular formula is C20H24N2O5S. The average Bonchev–Trinajstić information content (AvgIpc) is 3.15. The number of methoxy groups -OCH3 is 1. The van der Waals surface area contributed by atoms with Crippen molar-refractivity contribution < 1.29 is 18.1 Å². The van der Waals surface area contributed by atoms with E-state index in [1.165, 1.54) is 12.1 Å². The van der Waals surface area contributed by atoms with Crippen LogP contribution in [0.4, 0.5) is 11.4 Å². The van der Waals surface area contributed by atoms with Crippen LogP contribution in [0.5, 0.6) is 5.75 Å². The van der Waals surface area contributed by atoms with E-state index in [1.54, 1.807) is 13.2 Å². The molecule has 28 heavy (non-hydrogen) atoms. The van der Waals surface area contributed by atoms with Crippen LogP contribution in [0.15, 0.2) is 47.4 Å². The van der Waals surface area contributed by atoms with Gasteiger partial charge in [0.1, 0.15) is 10.6 Å². The third-order valence-electron chi connectivity index (χ3n) is 5.43. The molecule has 7 nitrogen and oxygen atoms in total. The van der Waals surface area contributed by atoms with Gasteiger partial charge in [-0.3, -0.25) is 10.1 Å². The highest BCUT2D eigenvalue weighted by molar-refractivity contribution is 7.90. The molecule has 1 aliphatic carbocycles. The van der Waals surface area contributed by atoms with Crippen molar-refractivity contribution in [1.82, 2.24) is 0 Å². The molecule has 150 valence electrons. The zero-order valence-electron chi connectivity index (χ0n) is 16.0. The van der Waals surface area contributed by atoms with Crippen molar-refractivity contribution in [3.63, 3.8) is 0 Å². The summed E-state index contributed by atoms with van der Waals surface area (Å²) < 4.78 is 29.5. The largest absolute Gasteiger partial charge is 0.496 e. The number of anilines is 1. The number of sulfone groups is 1. The van der Waals surface area contributed by atoms with Gasteiger partial charge in [0.05, 0.1) is 12.0 Å². The molecule has 8 heteroatoms. The van der Waals surface area contributed by atoms with Crippen LogP contribution in [0.25, 0.3) is 0 Å². The quantitative estimate of drug-likeness (QED) is 0.554. The summed E-state index contributed by atoms with van der Waals surface area (Å²) in [7, 11) is -2.06. The lowest BCUT2D eigenvalue weighted by molar-refractivity contribution is -0.387. The second kappa shape index (κ2) is 7.79. The molecule has 0 unspecified atom stereocenters. The summed E-state index contributed by atoms with van der Waals surface area (Å²) in [5.74, 6) is 0.840. The van der Waals surface area contributed by atoms with Gasteiger partial charge in [0.2, 0.25) is 0 Å². The smallest absolute Gasteiger partial charge is 0.288 e. The Balaban J connectivity index is 1.92. The van der Waals surface area contributed by atoms with Gasteiger partial charge in [-0.25, -0.2) is 8.42 Å². The molecular weight excluding hydrogens is 380 g/mol. The van der Waals surface area contributed by atoms with E-state index in [4.69, 9.17) is 4.74 Å². The minimum Gasteiger partial charge on any atom is -0.496 e. The second-order valence-corrected chi connectivity index (χ2v) is 9.24. The Morgan fingerprint density at radius 3 is 2.46 bits per heavy atom. The number of hydrogen-bond donors (Lipinski definition) is 1. The summed E-state index contributed by atoms with van der Waals surface area (Å²) >= 11 is 0. The molecule has 0 spiro atoms. The number of rotatable bonds is 7. The number of nitrogens with zero attached hydrogens (tertiary/aromatic N) is 1. The fourth-order valence-electron chi connectivity index (χ4n) is 4.02. The fraction of sp³-hybridized carbons (Fsp3) is 0.400. The van der Waals surface area contributed by atoms with Crippen LogP contribution in [-0.4, -0.2) is 33.3 Å². The summed E-state index contributed by atoms with van der Waals surface area (Å²) in [5, 5.41) is 14.5.